The van der Waals surface area contributed by atoms with Crippen LogP contribution in [0.5, 0.6) is 0 Å². The standard InChI is InChI=1S/C20H37N3O3/c1-2-13-25-14-10-21-8-5-19(6-9-21)23-7-3-4-18(17-23)20(24)22-11-15-26-16-12-22/h18-19H,2-17H2,1H3/t18-/m1/s1. The van der Waals surface area contributed by atoms with E-state index in [2.05, 4.69) is 16.7 Å². The predicted molar refractivity (Wildman–Crippen MR) is 102 cm³/mol. The van der Waals surface area contributed by atoms with E-state index < -0.39 is 0 Å². The van der Waals surface area contributed by atoms with Crippen LogP contribution < -0.4 is 0 Å². The number of carbonyl (C=O) groups excluding carboxylic acids is 1. The molecule has 6 heteroatoms. The van der Waals surface area contributed by atoms with Crippen molar-refractivity contribution >= 4 is 5.91 Å². The quantitative estimate of drug-likeness (QED) is 0.638. The molecule has 3 aliphatic rings. The highest BCUT2D eigenvalue weighted by Gasteiger charge is 2.33. The fraction of sp³-hybridized carbons (Fsp3) is 0.950. The zero-order chi connectivity index (χ0) is 18.2. The van der Waals surface area contributed by atoms with Crippen LogP contribution in [-0.4, -0.2) is 98.9 Å². The molecule has 6 nitrogen and oxygen atoms in total. The Morgan fingerprint density at radius 2 is 1.81 bits per heavy atom. The molecule has 3 aliphatic heterocycles. The number of morpholine rings is 1. The van der Waals surface area contributed by atoms with Crippen LogP contribution in [0.15, 0.2) is 0 Å². The SMILES string of the molecule is CCCOCCN1CCC(N2CCC[C@@H](C(=O)N3CCOCC3)C2)CC1. The summed E-state index contributed by atoms with van der Waals surface area (Å²) in [5.41, 5.74) is 0. The van der Waals surface area contributed by atoms with Gasteiger partial charge in [0.05, 0.1) is 25.7 Å². The summed E-state index contributed by atoms with van der Waals surface area (Å²) in [5, 5.41) is 0. The second-order valence-electron chi connectivity index (χ2n) is 7.96. The van der Waals surface area contributed by atoms with E-state index in [0.717, 1.165) is 65.2 Å². The van der Waals surface area contributed by atoms with Crippen molar-refractivity contribution in [2.45, 2.75) is 45.1 Å². The first-order valence-corrected chi connectivity index (χ1v) is 10.7. The third kappa shape index (κ3) is 5.65. The van der Waals surface area contributed by atoms with Gasteiger partial charge in [-0.15, -0.1) is 0 Å². The first kappa shape index (κ1) is 20.1. The van der Waals surface area contributed by atoms with Gasteiger partial charge in [0.2, 0.25) is 5.91 Å². The second-order valence-corrected chi connectivity index (χ2v) is 7.96. The van der Waals surface area contributed by atoms with Crippen LogP contribution in [0.25, 0.3) is 0 Å². The van der Waals surface area contributed by atoms with Gasteiger partial charge >= 0.3 is 0 Å². The van der Waals surface area contributed by atoms with Gasteiger partial charge in [-0.25, -0.2) is 0 Å². The fourth-order valence-corrected chi connectivity index (χ4v) is 4.53. The second kappa shape index (κ2) is 10.6. The van der Waals surface area contributed by atoms with Gasteiger partial charge in [0.15, 0.2) is 0 Å². The Morgan fingerprint density at radius 1 is 1.04 bits per heavy atom. The van der Waals surface area contributed by atoms with Gasteiger partial charge in [0, 0.05) is 38.8 Å². The average Bonchev–Trinajstić information content (AvgIpc) is 2.72. The van der Waals surface area contributed by atoms with Crippen molar-refractivity contribution in [1.82, 2.24) is 14.7 Å². The van der Waals surface area contributed by atoms with Crippen LogP contribution in [0.3, 0.4) is 0 Å². The van der Waals surface area contributed by atoms with Gasteiger partial charge in [-0.2, -0.15) is 0 Å². The molecule has 0 spiro atoms. The Hall–Kier alpha value is -0.690. The maximum Gasteiger partial charge on any atom is 0.227 e. The molecule has 3 heterocycles. The molecule has 3 rings (SSSR count). The van der Waals surface area contributed by atoms with Crippen LogP contribution in [0.2, 0.25) is 0 Å². The van der Waals surface area contributed by atoms with E-state index in [4.69, 9.17) is 9.47 Å². The van der Waals surface area contributed by atoms with Crippen molar-refractivity contribution in [3.05, 3.63) is 0 Å². The van der Waals surface area contributed by atoms with Crippen LogP contribution in [-0.2, 0) is 14.3 Å². The molecule has 0 radical (unpaired) electrons. The molecule has 0 bridgehead atoms. The minimum atomic E-state index is 0.197. The lowest BCUT2D eigenvalue weighted by atomic mass is 9.92. The number of piperidine rings is 2. The van der Waals surface area contributed by atoms with Gasteiger partial charge in [-0.1, -0.05) is 6.92 Å². The summed E-state index contributed by atoms with van der Waals surface area (Å²) >= 11 is 0. The lowest BCUT2D eigenvalue weighted by molar-refractivity contribution is -0.142. The first-order chi connectivity index (χ1) is 12.8. The number of carbonyl (C=O) groups is 1. The maximum atomic E-state index is 12.8. The Balaban J connectivity index is 1.40. The number of likely N-dealkylation sites (tertiary alicyclic amines) is 2. The summed E-state index contributed by atoms with van der Waals surface area (Å²) in [6, 6.07) is 0.656. The molecule has 150 valence electrons. The Labute approximate surface area is 158 Å². The van der Waals surface area contributed by atoms with E-state index in [9.17, 15) is 4.79 Å². The molecule has 3 saturated heterocycles. The predicted octanol–water partition coefficient (Wildman–Crippen LogP) is 1.45. The third-order valence-corrected chi connectivity index (χ3v) is 6.10. The van der Waals surface area contributed by atoms with E-state index in [1.165, 1.54) is 25.9 Å². The molecule has 0 unspecified atom stereocenters. The molecule has 0 aromatic carbocycles. The molecule has 1 amide bonds. The van der Waals surface area contributed by atoms with Crippen molar-refractivity contribution < 1.29 is 14.3 Å². The summed E-state index contributed by atoms with van der Waals surface area (Å²) in [6.45, 7) is 12.3. The highest BCUT2D eigenvalue weighted by molar-refractivity contribution is 5.79. The topological polar surface area (TPSA) is 45.2 Å². The highest BCUT2D eigenvalue weighted by atomic mass is 16.5. The van der Waals surface area contributed by atoms with Crippen LogP contribution in [0.1, 0.15) is 39.0 Å². The minimum Gasteiger partial charge on any atom is -0.380 e. The molecule has 0 aromatic heterocycles. The first-order valence-electron chi connectivity index (χ1n) is 10.7. The van der Waals surface area contributed by atoms with Gasteiger partial charge in [0.25, 0.3) is 0 Å². The normalized spacial score (nSPS) is 27.0. The molecular formula is C20H37N3O3. The van der Waals surface area contributed by atoms with Crippen molar-refractivity contribution in [1.29, 1.82) is 0 Å². The number of hydrogen-bond acceptors (Lipinski definition) is 5. The van der Waals surface area contributed by atoms with E-state index in [-0.39, 0.29) is 5.92 Å². The Morgan fingerprint density at radius 3 is 2.54 bits per heavy atom. The summed E-state index contributed by atoms with van der Waals surface area (Å²) in [6.07, 6.45) is 5.77. The molecule has 1 atom stereocenters. The van der Waals surface area contributed by atoms with E-state index in [1.54, 1.807) is 0 Å². The molecule has 0 saturated carbocycles. The zero-order valence-corrected chi connectivity index (χ0v) is 16.5. The lowest BCUT2D eigenvalue weighted by Gasteiger charge is -2.43. The van der Waals surface area contributed by atoms with E-state index in [0.29, 0.717) is 25.2 Å². The molecule has 26 heavy (non-hydrogen) atoms. The summed E-state index contributed by atoms with van der Waals surface area (Å²) < 4.78 is 11.0. The smallest absolute Gasteiger partial charge is 0.227 e. The Kier molecular flexibility index (Phi) is 8.17. The number of rotatable bonds is 7. The van der Waals surface area contributed by atoms with Crippen LogP contribution in [0.4, 0.5) is 0 Å². The number of nitrogens with zero attached hydrogens (tertiary/aromatic N) is 3. The van der Waals surface area contributed by atoms with Gasteiger partial charge in [-0.05, 0) is 51.7 Å². The van der Waals surface area contributed by atoms with Crippen LogP contribution >= 0.6 is 0 Å². The summed E-state index contributed by atoms with van der Waals surface area (Å²) in [5.74, 6) is 0.561. The lowest BCUT2D eigenvalue weighted by Crippen LogP contribution is -2.52. The van der Waals surface area contributed by atoms with Crippen molar-refractivity contribution in [3.8, 4) is 0 Å². The number of ether oxygens (including phenoxy) is 2. The molecule has 0 N–H and O–H groups in total. The summed E-state index contributed by atoms with van der Waals surface area (Å²) in [4.78, 5) is 20.0. The number of hydrogen-bond donors (Lipinski definition) is 0. The molecule has 0 aliphatic carbocycles. The largest absolute Gasteiger partial charge is 0.380 e. The van der Waals surface area contributed by atoms with Gasteiger partial charge in [0.1, 0.15) is 0 Å². The van der Waals surface area contributed by atoms with Crippen molar-refractivity contribution in [2.75, 3.05) is 72.2 Å². The molecule has 0 aromatic rings. The summed E-state index contributed by atoms with van der Waals surface area (Å²) in [7, 11) is 0. The maximum absolute atomic E-state index is 12.8. The van der Waals surface area contributed by atoms with Crippen molar-refractivity contribution in [3.63, 3.8) is 0 Å². The van der Waals surface area contributed by atoms with Crippen LogP contribution in [0, 0.1) is 5.92 Å². The molecular weight excluding hydrogens is 330 g/mol. The van der Waals surface area contributed by atoms with Gasteiger partial charge < -0.3 is 19.3 Å². The molecule has 3 fully saturated rings. The fourth-order valence-electron chi connectivity index (χ4n) is 4.53. The third-order valence-electron chi connectivity index (χ3n) is 6.10. The van der Waals surface area contributed by atoms with E-state index >= 15 is 0 Å². The van der Waals surface area contributed by atoms with E-state index in [1.807, 2.05) is 4.90 Å². The van der Waals surface area contributed by atoms with Gasteiger partial charge in [-0.3, -0.25) is 9.69 Å². The zero-order valence-electron chi connectivity index (χ0n) is 16.5. The van der Waals surface area contributed by atoms with Crippen molar-refractivity contribution in [2.24, 2.45) is 5.92 Å². The monoisotopic (exact) mass is 367 g/mol. The average molecular weight is 368 g/mol. The Bertz CT molecular complexity index is 421. The number of amides is 1. The minimum absolute atomic E-state index is 0.197. The highest BCUT2D eigenvalue weighted by Crippen LogP contribution is 2.25.